The highest BCUT2D eigenvalue weighted by Crippen LogP contribution is 2.13. The van der Waals surface area contributed by atoms with Crippen molar-refractivity contribution in [3.8, 4) is 0 Å². The fraction of sp³-hybridized carbons (Fsp3) is 0.267. The topological polar surface area (TPSA) is 77.2 Å². The van der Waals surface area contributed by atoms with Crippen molar-refractivity contribution in [2.45, 2.75) is 26.4 Å². The quantitative estimate of drug-likeness (QED) is 0.654. The summed E-state index contributed by atoms with van der Waals surface area (Å²) in [4.78, 5) is 21.8. The third kappa shape index (κ3) is 3.92. The van der Waals surface area contributed by atoms with Gasteiger partial charge in [-0.05, 0) is 18.1 Å². The first-order chi connectivity index (χ1) is 10.1. The summed E-state index contributed by atoms with van der Waals surface area (Å²) >= 11 is 0. The van der Waals surface area contributed by atoms with Crippen LogP contribution in [0.3, 0.4) is 0 Å². The molecule has 1 N–H and O–H groups in total. The summed E-state index contributed by atoms with van der Waals surface area (Å²) in [7, 11) is 0. The second kappa shape index (κ2) is 6.69. The van der Waals surface area contributed by atoms with E-state index in [1.54, 1.807) is 29.0 Å². The lowest BCUT2D eigenvalue weighted by Gasteiger charge is -2.09. The molecular formula is C15H17N3O3. The number of hydrogen-bond acceptors (Lipinski definition) is 4. The van der Waals surface area contributed by atoms with Crippen molar-refractivity contribution in [2.24, 2.45) is 0 Å². The summed E-state index contributed by atoms with van der Waals surface area (Å²) in [6, 6.07) is 9.66. The molecule has 0 aliphatic rings. The zero-order valence-corrected chi connectivity index (χ0v) is 11.8. The number of aromatic nitrogens is 1. The first-order valence-corrected chi connectivity index (χ1v) is 6.78. The predicted molar refractivity (Wildman–Crippen MR) is 81.4 cm³/mol. The lowest BCUT2D eigenvalue weighted by molar-refractivity contribution is -0.384. The number of nitrogens with zero attached hydrogens (tertiary/aromatic N) is 2. The van der Waals surface area contributed by atoms with Crippen LogP contribution in [0.15, 0.2) is 47.4 Å². The van der Waals surface area contributed by atoms with E-state index in [1.165, 1.54) is 18.2 Å². The molecule has 0 saturated carbocycles. The zero-order valence-electron chi connectivity index (χ0n) is 11.8. The number of rotatable bonds is 6. The number of nitro groups is 1. The van der Waals surface area contributed by atoms with Crippen molar-refractivity contribution >= 4 is 11.4 Å². The van der Waals surface area contributed by atoms with Crippen LogP contribution in [0.2, 0.25) is 0 Å². The van der Waals surface area contributed by atoms with Crippen LogP contribution >= 0.6 is 0 Å². The van der Waals surface area contributed by atoms with Crippen LogP contribution in [0.4, 0.5) is 11.4 Å². The van der Waals surface area contributed by atoms with Gasteiger partial charge in [0.25, 0.3) is 11.2 Å². The predicted octanol–water partition coefficient (Wildman–Crippen LogP) is 2.78. The lowest BCUT2D eigenvalue weighted by Crippen LogP contribution is -2.18. The van der Waals surface area contributed by atoms with Gasteiger partial charge >= 0.3 is 0 Å². The fourth-order valence-corrected chi connectivity index (χ4v) is 1.99. The molecule has 0 fully saturated rings. The molecule has 6 nitrogen and oxygen atoms in total. The summed E-state index contributed by atoms with van der Waals surface area (Å²) in [6.07, 6.45) is 2.68. The van der Waals surface area contributed by atoms with E-state index < -0.39 is 4.92 Å². The van der Waals surface area contributed by atoms with E-state index in [1.807, 2.05) is 6.92 Å². The Morgan fingerprint density at radius 1 is 1.19 bits per heavy atom. The van der Waals surface area contributed by atoms with E-state index in [0.29, 0.717) is 13.1 Å². The second-order valence-corrected chi connectivity index (χ2v) is 4.73. The zero-order chi connectivity index (χ0) is 15.2. The minimum absolute atomic E-state index is 0.0160. The van der Waals surface area contributed by atoms with E-state index in [9.17, 15) is 14.9 Å². The highest BCUT2D eigenvalue weighted by Gasteiger charge is 2.04. The van der Waals surface area contributed by atoms with E-state index in [-0.39, 0.29) is 11.2 Å². The molecule has 0 aliphatic carbocycles. The summed E-state index contributed by atoms with van der Waals surface area (Å²) < 4.78 is 1.66. The molecule has 110 valence electrons. The van der Waals surface area contributed by atoms with Gasteiger partial charge < -0.3 is 9.88 Å². The molecule has 0 radical (unpaired) electrons. The number of aryl methyl sites for hydroxylation is 1. The molecule has 0 spiro atoms. The Kier molecular flexibility index (Phi) is 4.71. The van der Waals surface area contributed by atoms with Gasteiger partial charge in [0.2, 0.25) is 0 Å². The van der Waals surface area contributed by atoms with Crippen LogP contribution in [0.1, 0.15) is 18.9 Å². The van der Waals surface area contributed by atoms with Crippen LogP contribution in [0, 0.1) is 10.1 Å². The third-order valence-corrected chi connectivity index (χ3v) is 3.09. The first kappa shape index (κ1) is 14.8. The summed E-state index contributed by atoms with van der Waals surface area (Å²) in [5.74, 6) is 0. The van der Waals surface area contributed by atoms with E-state index in [4.69, 9.17) is 0 Å². The highest BCUT2D eigenvalue weighted by molar-refractivity contribution is 5.42. The van der Waals surface area contributed by atoms with Crippen molar-refractivity contribution in [1.82, 2.24) is 4.57 Å². The number of benzene rings is 1. The largest absolute Gasteiger partial charge is 0.380 e. The number of hydrogen-bond donors (Lipinski definition) is 1. The van der Waals surface area contributed by atoms with E-state index >= 15 is 0 Å². The molecule has 0 unspecified atom stereocenters. The van der Waals surface area contributed by atoms with E-state index in [0.717, 1.165) is 17.7 Å². The number of non-ortho nitro benzene ring substituents is 1. The van der Waals surface area contributed by atoms with Gasteiger partial charge in [0.15, 0.2) is 0 Å². The molecule has 2 rings (SSSR count). The smallest absolute Gasteiger partial charge is 0.269 e. The van der Waals surface area contributed by atoms with Crippen LogP contribution < -0.4 is 10.9 Å². The van der Waals surface area contributed by atoms with Crippen molar-refractivity contribution in [3.05, 3.63) is 68.6 Å². The molecule has 0 saturated heterocycles. The molecule has 0 amide bonds. The van der Waals surface area contributed by atoms with Gasteiger partial charge in [0.1, 0.15) is 0 Å². The Hall–Kier alpha value is -2.63. The first-order valence-electron chi connectivity index (χ1n) is 6.78. The SMILES string of the molecule is CCCn1cc(NCc2ccc([N+](=O)[O-])cc2)ccc1=O. The standard InChI is InChI=1S/C15H17N3O3/c1-2-9-17-11-13(5-8-15(17)19)16-10-12-3-6-14(7-4-12)18(20)21/h3-8,11,16H,2,9-10H2,1H3. The van der Waals surface area contributed by atoms with Crippen molar-refractivity contribution in [3.63, 3.8) is 0 Å². The number of nitro benzene ring substituents is 1. The van der Waals surface area contributed by atoms with Gasteiger partial charge in [-0.3, -0.25) is 14.9 Å². The summed E-state index contributed by atoms with van der Waals surface area (Å²) in [5.41, 5.74) is 1.85. The second-order valence-electron chi connectivity index (χ2n) is 4.73. The van der Waals surface area contributed by atoms with Gasteiger partial charge in [-0.1, -0.05) is 19.1 Å². The highest BCUT2D eigenvalue weighted by atomic mass is 16.6. The molecule has 2 aromatic rings. The average molecular weight is 287 g/mol. The molecule has 6 heteroatoms. The molecule has 21 heavy (non-hydrogen) atoms. The Morgan fingerprint density at radius 3 is 2.52 bits per heavy atom. The number of nitrogens with one attached hydrogen (secondary N) is 1. The molecule has 1 heterocycles. The van der Waals surface area contributed by atoms with Crippen molar-refractivity contribution in [1.29, 1.82) is 0 Å². The van der Waals surface area contributed by atoms with Gasteiger partial charge in [-0.25, -0.2) is 0 Å². The van der Waals surface area contributed by atoms with E-state index in [2.05, 4.69) is 5.32 Å². The van der Waals surface area contributed by atoms with Crippen molar-refractivity contribution in [2.75, 3.05) is 5.32 Å². The van der Waals surface area contributed by atoms with Gasteiger partial charge in [-0.2, -0.15) is 0 Å². The maximum absolute atomic E-state index is 11.6. The Balaban J connectivity index is 2.04. The fourth-order valence-electron chi connectivity index (χ4n) is 1.99. The molecule has 0 bridgehead atoms. The van der Waals surface area contributed by atoms with Crippen LogP contribution in [-0.4, -0.2) is 9.49 Å². The lowest BCUT2D eigenvalue weighted by atomic mass is 10.2. The molecule has 0 atom stereocenters. The maximum Gasteiger partial charge on any atom is 0.269 e. The summed E-state index contributed by atoms with van der Waals surface area (Å²) in [6.45, 7) is 3.25. The molecular weight excluding hydrogens is 270 g/mol. The average Bonchev–Trinajstić information content (AvgIpc) is 2.48. The Morgan fingerprint density at radius 2 is 1.90 bits per heavy atom. The minimum atomic E-state index is -0.419. The van der Waals surface area contributed by atoms with Gasteiger partial charge in [-0.15, -0.1) is 0 Å². The van der Waals surface area contributed by atoms with Crippen LogP contribution in [0.5, 0.6) is 0 Å². The molecule has 1 aromatic heterocycles. The third-order valence-electron chi connectivity index (χ3n) is 3.09. The normalized spacial score (nSPS) is 10.3. The minimum Gasteiger partial charge on any atom is -0.380 e. The van der Waals surface area contributed by atoms with Crippen LogP contribution in [0.25, 0.3) is 0 Å². The Labute approximate surface area is 122 Å². The maximum atomic E-state index is 11.6. The van der Waals surface area contributed by atoms with Crippen LogP contribution in [-0.2, 0) is 13.1 Å². The molecule has 0 aliphatic heterocycles. The summed E-state index contributed by atoms with van der Waals surface area (Å²) in [5, 5.41) is 13.8. The number of pyridine rings is 1. The van der Waals surface area contributed by atoms with Crippen molar-refractivity contribution < 1.29 is 4.92 Å². The Bertz CT molecular complexity index is 677. The monoisotopic (exact) mass is 287 g/mol. The molecule has 1 aromatic carbocycles. The number of anilines is 1. The van der Waals surface area contributed by atoms with Gasteiger partial charge in [0.05, 0.1) is 10.6 Å². The van der Waals surface area contributed by atoms with Gasteiger partial charge in [0, 0.05) is 37.5 Å².